The maximum absolute atomic E-state index is 5.92. The van der Waals surface area contributed by atoms with Gasteiger partial charge in [0.1, 0.15) is 11.9 Å². The van der Waals surface area contributed by atoms with Gasteiger partial charge in [0.25, 0.3) is 0 Å². The second kappa shape index (κ2) is 4.71. The van der Waals surface area contributed by atoms with Crippen LogP contribution < -0.4 is 5.32 Å². The predicted molar refractivity (Wildman–Crippen MR) is 71.5 cm³/mol. The van der Waals surface area contributed by atoms with Crippen molar-refractivity contribution in [2.75, 3.05) is 13.2 Å². The number of imidazole rings is 1. The molecule has 0 amide bonds. The molecule has 0 radical (unpaired) electrons. The highest BCUT2D eigenvalue weighted by Gasteiger charge is 2.22. The van der Waals surface area contributed by atoms with Crippen LogP contribution in [0.1, 0.15) is 25.3 Å². The molecular weight excluding hydrogens is 226 g/mol. The Morgan fingerprint density at radius 2 is 2.22 bits per heavy atom. The minimum absolute atomic E-state index is 0.0485. The Balaban J connectivity index is 1.96. The molecule has 2 unspecified atom stereocenters. The summed E-state index contributed by atoms with van der Waals surface area (Å²) in [5, 5.41) is 3.49. The van der Waals surface area contributed by atoms with Crippen LogP contribution in [0.25, 0.3) is 11.0 Å². The zero-order valence-corrected chi connectivity index (χ0v) is 10.9. The third kappa shape index (κ3) is 2.02. The van der Waals surface area contributed by atoms with Crippen LogP contribution in [0, 0.1) is 0 Å². The van der Waals surface area contributed by atoms with Crippen LogP contribution in [0.15, 0.2) is 24.3 Å². The maximum Gasteiger partial charge on any atom is 0.140 e. The Bertz CT molecular complexity index is 549. The monoisotopic (exact) mass is 245 g/mol. The van der Waals surface area contributed by atoms with Gasteiger partial charge in [0.05, 0.1) is 11.0 Å². The molecule has 2 atom stereocenters. The molecule has 18 heavy (non-hydrogen) atoms. The van der Waals surface area contributed by atoms with Crippen LogP contribution in [0.2, 0.25) is 0 Å². The van der Waals surface area contributed by atoms with E-state index in [1.54, 1.807) is 0 Å². The van der Waals surface area contributed by atoms with E-state index in [-0.39, 0.29) is 6.10 Å². The summed E-state index contributed by atoms with van der Waals surface area (Å²) in [5.74, 6) is 1.01. The lowest BCUT2D eigenvalue weighted by molar-refractivity contribution is 0.0588. The van der Waals surface area contributed by atoms with Crippen molar-refractivity contribution >= 4 is 11.0 Å². The van der Waals surface area contributed by atoms with Crippen LogP contribution in [0.3, 0.4) is 0 Å². The van der Waals surface area contributed by atoms with Gasteiger partial charge in [0.2, 0.25) is 0 Å². The molecule has 96 valence electrons. The number of ether oxygens (including phenoxy) is 1. The lowest BCUT2D eigenvalue weighted by atomic mass is 10.2. The fourth-order valence-electron chi connectivity index (χ4n) is 2.47. The molecule has 1 aromatic carbocycles. The average molecular weight is 245 g/mol. The molecule has 0 spiro atoms. The fraction of sp³-hybridized carbons (Fsp3) is 0.500. The smallest absolute Gasteiger partial charge is 0.140 e. The Labute approximate surface area is 107 Å². The predicted octanol–water partition coefficient (Wildman–Crippen LogP) is 2.01. The summed E-state index contributed by atoms with van der Waals surface area (Å²) in [6.45, 7) is 3.82. The first-order valence-electron chi connectivity index (χ1n) is 6.52. The van der Waals surface area contributed by atoms with E-state index >= 15 is 0 Å². The Hall–Kier alpha value is -1.39. The van der Waals surface area contributed by atoms with Crippen LogP contribution in [-0.4, -0.2) is 28.7 Å². The quantitative estimate of drug-likeness (QED) is 0.835. The van der Waals surface area contributed by atoms with Crippen LogP contribution in [-0.2, 0) is 11.8 Å². The minimum atomic E-state index is 0.0485. The number of benzene rings is 1. The Morgan fingerprint density at radius 1 is 1.39 bits per heavy atom. The van der Waals surface area contributed by atoms with Gasteiger partial charge in [-0.3, -0.25) is 0 Å². The lowest BCUT2D eigenvalue weighted by Gasteiger charge is -2.15. The summed E-state index contributed by atoms with van der Waals surface area (Å²) < 4.78 is 8.06. The van der Waals surface area contributed by atoms with E-state index in [1.165, 1.54) is 0 Å². The van der Waals surface area contributed by atoms with Crippen molar-refractivity contribution < 1.29 is 4.74 Å². The molecule has 1 aromatic heterocycles. The van der Waals surface area contributed by atoms with Crippen molar-refractivity contribution in [3.8, 4) is 0 Å². The molecule has 4 nitrogen and oxygen atoms in total. The van der Waals surface area contributed by atoms with Gasteiger partial charge in [-0.05, 0) is 25.5 Å². The van der Waals surface area contributed by atoms with E-state index in [1.807, 2.05) is 18.2 Å². The summed E-state index contributed by atoms with van der Waals surface area (Å²) >= 11 is 0. The number of nitrogens with one attached hydrogen (secondary N) is 1. The van der Waals surface area contributed by atoms with Gasteiger partial charge >= 0.3 is 0 Å². The van der Waals surface area contributed by atoms with Gasteiger partial charge in [0.15, 0.2) is 0 Å². The molecule has 2 heterocycles. The number of nitrogens with zero attached hydrogens (tertiary/aromatic N) is 2. The molecule has 2 aromatic rings. The van der Waals surface area contributed by atoms with Crippen molar-refractivity contribution in [1.82, 2.24) is 14.9 Å². The van der Waals surface area contributed by atoms with E-state index < -0.39 is 0 Å². The molecule has 4 heteroatoms. The van der Waals surface area contributed by atoms with Crippen molar-refractivity contribution in [2.45, 2.75) is 25.5 Å². The second-order valence-corrected chi connectivity index (χ2v) is 4.98. The van der Waals surface area contributed by atoms with Crippen molar-refractivity contribution in [3.63, 3.8) is 0 Å². The fourth-order valence-corrected chi connectivity index (χ4v) is 2.47. The number of rotatable bonds is 1. The second-order valence-electron chi connectivity index (χ2n) is 4.98. The van der Waals surface area contributed by atoms with E-state index in [0.29, 0.717) is 6.04 Å². The number of hydrogen-bond donors (Lipinski definition) is 1. The number of hydrogen-bond acceptors (Lipinski definition) is 3. The first-order valence-corrected chi connectivity index (χ1v) is 6.52. The summed E-state index contributed by atoms with van der Waals surface area (Å²) in [6.07, 6.45) is 1.10. The molecule has 0 bridgehead atoms. The van der Waals surface area contributed by atoms with Gasteiger partial charge in [-0.1, -0.05) is 12.1 Å². The van der Waals surface area contributed by atoms with E-state index in [0.717, 1.165) is 36.4 Å². The average Bonchev–Trinajstić information content (AvgIpc) is 2.57. The highest BCUT2D eigenvalue weighted by molar-refractivity contribution is 5.75. The van der Waals surface area contributed by atoms with Crippen molar-refractivity contribution in [3.05, 3.63) is 30.1 Å². The molecule has 1 saturated heterocycles. The topological polar surface area (TPSA) is 39.1 Å². The van der Waals surface area contributed by atoms with E-state index in [9.17, 15) is 0 Å². The molecular formula is C14H19N3O. The summed E-state index contributed by atoms with van der Waals surface area (Å²) in [4.78, 5) is 4.70. The standard InChI is InChI=1S/C14H19N3O/c1-10-7-8-18-13(9-15-10)14-16-11-5-3-4-6-12(11)17(14)2/h3-6,10,13,15H,7-9H2,1-2H3. The maximum atomic E-state index is 5.92. The summed E-state index contributed by atoms with van der Waals surface area (Å²) in [6, 6.07) is 8.73. The molecule has 1 aliphatic rings. The first kappa shape index (κ1) is 11.7. The third-order valence-electron chi connectivity index (χ3n) is 3.63. The largest absolute Gasteiger partial charge is 0.369 e. The van der Waals surface area contributed by atoms with Crippen LogP contribution >= 0.6 is 0 Å². The SMILES string of the molecule is CC1CCOC(c2nc3ccccc3n2C)CN1. The zero-order chi connectivity index (χ0) is 12.5. The zero-order valence-electron chi connectivity index (χ0n) is 10.9. The van der Waals surface area contributed by atoms with Gasteiger partial charge in [-0.15, -0.1) is 0 Å². The van der Waals surface area contributed by atoms with Gasteiger partial charge in [0, 0.05) is 26.2 Å². The van der Waals surface area contributed by atoms with E-state index in [4.69, 9.17) is 9.72 Å². The first-order chi connectivity index (χ1) is 8.75. The van der Waals surface area contributed by atoms with Crippen molar-refractivity contribution in [2.24, 2.45) is 7.05 Å². The molecule has 0 aliphatic carbocycles. The molecule has 1 fully saturated rings. The third-order valence-corrected chi connectivity index (χ3v) is 3.63. The highest BCUT2D eigenvalue weighted by Crippen LogP contribution is 2.23. The minimum Gasteiger partial charge on any atom is -0.369 e. The van der Waals surface area contributed by atoms with Gasteiger partial charge in [-0.25, -0.2) is 4.98 Å². The number of para-hydroxylation sites is 2. The van der Waals surface area contributed by atoms with Gasteiger partial charge in [-0.2, -0.15) is 0 Å². The number of aryl methyl sites for hydroxylation is 1. The molecule has 1 N–H and O–H groups in total. The molecule has 0 saturated carbocycles. The Kier molecular flexibility index (Phi) is 3.06. The van der Waals surface area contributed by atoms with Crippen LogP contribution in [0.4, 0.5) is 0 Å². The number of fused-ring (bicyclic) bond motifs is 1. The van der Waals surface area contributed by atoms with E-state index in [2.05, 4.69) is 29.9 Å². The molecule has 1 aliphatic heterocycles. The highest BCUT2D eigenvalue weighted by atomic mass is 16.5. The normalized spacial score (nSPS) is 25.2. The van der Waals surface area contributed by atoms with Crippen molar-refractivity contribution in [1.29, 1.82) is 0 Å². The summed E-state index contributed by atoms with van der Waals surface area (Å²) in [7, 11) is 2.06. The summed E-state index contributed by atoms with van der Waals surface area (Å²) in [5.41, 5.74) is 2.20. The van der Waals surface area contributed by atoms with Crippen LogP contribution in [0.5, 0.6) is 0 Å². The molecule has 3 rings (SSSR count). The lowest BCUT2D eigenvalue weighted by Crippen LogP contribution is -2.28. The Morgan fingerprint density at radius 3 is 3.06 bits per heavy atom. The number of aromatic nitrogens is 2. The van der Waals surface area contributed by atoms with Gasteiger partial charge < -0.3 is 14.6 Å².